The van der Waals surface area contributed by atoms with Crippen LogP contribution in [0.5, 0.6) is 0 Å². The molecule has 0 amide bonds. The second-order valence-corrected chi connectivity index (χ2v) is 3.96. The van der Waals surface area contributed by atoms with Crippen LogP contribution in [0.3, 0.4) is 0 Å². The van der Waals surface area contributed by atoms with E-state index in [1.165, 1.54) is 12.8 Å². The number of hydrogen-bond donors (Lipinski definition) is 2. The van der Waals surface area contributed by atoms with Crippen molar-refractivity contribution >= 4 is 22.6 Å². The monoisotopic (exact) mass is 241 g/mol. The predicted octanol–water partition coefficient (Wildman–Crippen LogP) is 1.01. The Balaban J connectivity index is 2.51. The van der Waals surface area contributed by atoms with E-state index < -0.39 is 0 Å². The second-order valence-electron chi connectivity index (χ2n) is 2.78. The summed E-state index contributed by atoms with van der Waals surface area (Å²) in [6.07, 6.45) is 4.32. The molecule has 2 nitrogen and oxygen atoms in total. The third-order valence-corrected chi connectivity index (χ3v) is 3.25. The molecule has 0 aromatic rings. The topological polar surface area (TPSA) is 46.2 Å². The van der Waals surface area contributed by atoms with Crippen molar-refractivity contribution in [3.8, 4) is 0 Å². The average molecular weight is 241 g/mol. The standard InChI is InChI=1S/C6H12INO/c7-5(9)6(8)3-1-2-4-6/h5,9H,1-4,8H2. The molecule has 1 fully saturated rings. The van der Waals surface area contributed by atoms with Gasteiger partial charge in [0, 0.05) is 0 Å². The van der Waals surface area contributed by atoms with Crippen LogP contribution in [-0.2, 0) is 0 Å². The van der Waals surface area contributed by atoms with Crippen molar-refractivity contribution in [2.24, 2.45) is 5.73 Å². The summed E-state index contributed by atoms with van der Waals surface area (Å²) in [5.41, 5.74) is 5.58. The molecule has 54 valence electrons. The largest absolute Gasteiger partial charge is 0.381 e. The van der Waals surface area contributed by atoms with E-state index in [4.69, 9.17) is 5.73 Å². The first kappa shape index (κ1) is 7.75. The van der Waals surface area contributed by atoms with Gasteiger partial charge >= 0.3 is 0 Å². The van der Waals surface area contributed by atoms with Gasteiger partial charge in [-0.25, -0.2) is 0 Å². The summed E-state index contributed by atoms with van der Waals surface area (Å²) in [7, 11) is 0. The van der Waals surface area contributed by atoms with Gasteiger partial charge in [-0.3, -0.25) is 0 Å². The van der Waals surface area contributed by atoms with E-state index in [-0.39, 0.29) is 9.65 Å². The molecule has 3 heteroatoms. The Morgan fingerprint density at radius 2 is 1.89 bits per heavy atom. The number of aliphatic hydroxyl groups excluding tert-OH is 1. The lowest BCUT2D eigenvalue weighted by molar-refractivity contribution is 0.181. The van der Waals surface area contributed by atoms with Crippen molar-refractivity contribution in [3.63, 3.8) is 0 Å². The van der Waals surface area contributed by atoms with Gasteiger partial charge in [0.25, 0.3) is 0 Å². The third kappa shape index (κ3) is 1.56. The Bertz CT molecular complexity index is 99.2. The molecule has 0 aliphatic heterocycles. The molecule has 0 spiro atoms. The molecule has 0 aromatic carbocycles. The molecule has 1 rings (SSSR count). The van der Waals surface area contributed by atoms with E-state index in [0.717, 1.165) is 12.8 Å². The summed E-state index contributed by atoms with van der Waals surface area (Å²) in [5.74, 6) is 0. The first-order valence-corrected chi connectivity index (χ1v) is 4.51. The highest BCUT2D eigenvalue weighted by Gasteiger charge is 2.34. The number of hydrogen-bond acceptors (Lipinski definition) is 2. The third-order valence-electron chi connectivity index (χ3n) is 2.01. The van der Waals surface area contributed by atoms with Crippen molar-refractivity contribution < 1.29 is 5.11 Å². The average Bonchev–Trinajstić information content (AvgIpc) is 2.16. The summed E-state index contributed by atoms with van der Waals surface area (Å²) in [5, 5.41) is 9.17. The molecule has 0 heterocycles. The number of nitrogens with two attached hydrogens (primary N) is 1. The number of halogens is 1. The first-order valence-electron chi connectivity index (χ1n) is 3.26. The quantitative estimate of drug-likeness (QED) is 0.531. The highest BCUT2D eigenvalue weighted by atomic mass is 127. The van der Waals surface area contributed by atoms with Crippen LogP contribution in [0.15, 0.2) is 0 Å². The normalized spacial score (nSPS) is 28.3. The summed E-state index contributed by atoms with van der Waals surface area (Å²) in [4.78, 5) is 0. The van der Waals surface area contributed by atoms with E-state index in [9.17, 15) is 5.11 Å². The smallest absolute Gasteiger partial charge is 0.123 e. The Hall–Kier alpha value is 0.650. The molecule has 1 unspecified atom stereocenters. The molecular formula is C6H12INO. The van der Waals surface area contributed by atoms with E-state index in [0.29, 0.717) is 0 Å². The minimum Gasteiger partial charge on any atom is -0.381 e. The van der Waals surface area contributed by atoms with Crippen molar-refractivity contribution in [1.82, 2.24) is 0 Å². The summed E-state index contributed by atoms with van der Waals surface area (Å²) >= 11 is 1.99. The lowest BCUT2D eigenvalue weighted by Crippen LogP contribution is -2.45. The maximum absolute atomic E-state index is 9.17. The second kappa shape index (κ2) is 2.72. The number of aliphatic hydroxyl groups is 1. The lowest BCUT2D eigenvalue weighted by Gasteiger charge is -2.25. The molecule has 1 saturated carbocycles. The molecule has 0 saturated heterocycles. The Labute approximate surface area is 69.0 Å². The summed E-state index contributed by atoms with van der Waals surface area (Å²) in [6.45, 7) is 0. The maximum atomic E-state index is 9.17. The molecule has 1 aliphatic rings. The van der Waals surface area contributed by atoms with Crippen LogP contribution < -0.4 is 5.73 Å². The van der Waals surface area contributed by atoms with Crippen LogP contribution in [0.4, 0.5) is 0 Å². The highest BCUT2D eigenvalue weighted by molar-refractivity contribution is 14.1. The van der Waals surface area contributed by atoms with Gasteiger partial charge in [-0.15, -0.1) is 0 Å². The number of rotatable bonds is 1. The fourth-order valence-corrected chi connectivity index (χ4v) is 1.89. The van der Waals surface area contributed by atoms with Crippen molar-refractivity contribution in [3.05, 3.63) is 0 Å². The Morgan fingerprint density at radius 3 is 2.11 bits per heavy atom. The Morgan fingerprint density at radius 1 is 1.44 bits per heavy atom. The van der Waals surface area contributed by atoms with E-state index in [1.807, 2.05) is 22.6 Å². The van der Waals surface area contributed by atoms with Crippen molar-refractivity contribution in [2.45, 2.75) is 35.3 Å². The van der Waals surface area contributed by atoms with Gasteiger partial charge in [0.1, 0.15) is 4.11 Å². The van der Waals surface area contributed by atoms with Gasteiger partial charge in [0.05, 0.1) is 5.54 Å². The molecule has 3 N–H and O–H groups in total. The van der Waals surface area contributed by atoms with Crippen LogP contribution in [0.25, 0.3) is 0 Å². The zero-order chi connectivity index (χ0) is 6.91. The van der Waals surface area contributed by atoms with Gasteiger partial charge in [0.2, 0.25) is 0 Å². The molecule has 0 radical (unpaired) electrons. The van der Waals surface area contributed by atoms with Crippen molar-refractivity contribution in [1.29, 1.82) is 0 Å². The number of alkyl halides is 1. The fraction of sp³-hybridized carbons (Fsp3) is 1.00. The van der Waals surface area contributed by atoms with Crippen molar-refractivity contribution in [2.75, 3.05) is 0 Å². The minimum atomic E-state index is -0.363. The molecule has 0 bridgehead atoms. The van der Waals surface area contributed by atoms with Gasteiger partial charge in [-0.1, -0.05) is 12.8 Å². The van der Waals surface area contributed by atoms with E-state index in [2.05, 4.69) is 0 Å². The first-order chi connectivity index (χ1) is 4.15. The zero-order valence-electron chi connectivity index (χ0n) is 5.31. The van der Waals surface area contributed by atoms with Gasteiger partial charge < -0.3 is 10.8 Å². The van der Waals surface area contributed by atoms with Crippen LogP contribution in [0, 0.1) is 0 Å². The van der Waals surface area contributed by atoms with Crippen LogP contribution in [-0.4, -0.2) is 14.8 Å². The highest BCUT2D eigenvalue weighted by Crippen LogP contribution is 2.32. The van der Waals surface area contributed by atoms with E-state index in [1.54, 1.807) is 0 Å². The molecule has 9 heavy (non-hydrogen) atoms. The molecular weight excluding hydrogens is 229 g/mol. The summed E-state index contributed by atoms with van der Waals surface area (Å²) < 4.78 is -0.363. The molecule has 1 atom stereocenters. The van der Waals surface area contributed by atoms with Crippen LogP contribution >= 0.6 is 22.6 Å². The fourth-order valence-electron chi connectivity index (χ4n) is 1.27. The van der Waals surface area contributed by atoms with E-state index >= 15 is 0 Å². The minimum absolute atomic E-state index is 0.263. The summed E-state index contributed by atoms with van der Waals surface area (Å²) in [6, 6.07) is 0. The lowest BCUT2D eigenvalue weighted by atomic mass is 10.0. The van der Waals surface area contributed by atoms with Gasteiger partial charge in [0.15, 0.2) is 0 Å². The SMILES string of the molecule is NC1(C(O)I)CCCC1. The van der Waals surface area contributed by atoms with Crippen LogP contribution in [0.2, 0.25) is 0 Å². The van der Waals surface area contributed by atoms with Gasteiger partial charge in [-0.05, 0) is 35.4 Å². The predicted molar refractivity (Wildman–Crippen MR) is 45.4 cm³/mol. The van der Waals surface area contributed by atoms with Gasteiger partial charge in [-0.2, -0.15) is 0 Å². The molecule has 1 aliphatic carbocycles. The molecule has 0 aromatic heterocycles. The zero-order valence-corrected chi connectivity index (χ0v) is 7.47. The Kier molecular flexibility index (Phi) is 2.34. The van der Waals surface area contributed by atoms with Crippen LogP contribution in [0.1, 0.15) is 25.7 Å². The maximum Gasteiger partial charge on any atom is 0.123 e.